The number of ether oxygens (including phenoxy) is 1. The van der Waals surface area contributed by atoms with Crippen LogP contribution in [0.15, 0.2) is 36.7 Å². The first kappa shape index (κ1) is 17.2. The fourth-order valence-electron chi connectivity index (χ4n) is 3.26. The molecule has 1 aliphatic heterocycles. The van der Waals surface area contributed by atoms with Gasteiger partial charge in [-0.05, 0) is 43.9 Å². The van der Waals surface area contributed by atoms with E-state index in [-0.39, 0.29) is 17.9 Å². The molecule has 0 aliphatic carbocycles. The Morgan fingerprint density at radius 2 is 2.28 bits per heavy atom. The first-order valence-corrected chi connectivity index (χ1v) is 8.62. The van der Waals surface area contributed by atoms with Gasteiger partial charge in [-0.2, -0.15) is 5.26 Å². The minimum atomic E-state index is -0.181. The molecule has 1 N–H and O–H groups in total. The number of nitrogens with zero attached hydrogens (tertiary/aromatic N) is 3. The van der Waals surface area contributed by atoms with Crippen molar-refractivity contribution in [3.05, 3.63) is 53.6 Å². The monoisotopic (exact) mass is 338 g/mol. The van der Waals surface area contributed by atoms with Gasteiger partial charge in [0.25, 0.3) is 5.91 Å². The Morgan fingerprint density at radius 3 is 3.00 bits per heavy atom. The standard InChI is InChI=1S/C19H22N4O2/c1-2-23-9-8-21-18(23)17(15-6-10-25-11-7-15)22-19(24)16-5-3-4-14(12-16)13-20/h3-5,8-9,12,15,17H,2,6-7,10-11H2,1H3,(H,22,24)/t17-/m1/s1. The number of hydrogen-bond acceptors (Lipinski definition) is 4. The Bertz CT molecular complexity index is 772. The van der Waals surface area contributed by atoms with Crippen LogP contribution in [0.2, 0.25) is 0 Å². The first-order valence-electron chi connectivity index (χ1n) is 8.62. The van der Waals surface area contributed by atoms with Gasteiger partial charge in [-0.1, -0.05) is 6.07 Å². The second-order valence-corrected chi connectivity index (χ2v) is 6.16. The number of amides is 1. The Kier molecular flexibility index (Phi) is 5.46. The van der Waals surface area contributed by atoms with Gasteiger partial charge in [0.1, 0.15) is 5.82 Å². The summed E-state index contributed by atoms with van der Waals surface area (Å²) in [4.78, 5) is 17.3. The molecular formula is C19H22N4O2. The third-order valence-corrected chi connectivity index (χ3v) is 4.64. The molecule has 2 heterocycles. The second kappa shape index (κ2) is 7.95. The average molecular weight is 338 g/mol. The van der Waals surface area contributed by atoms with Crippen LogP contribution in [-0.4, -0.2) is 28.7 Å². The summed E-state index contributed by atoms with van der Waals surface area (Å²) < 4.78 is 7.53. The number of nitriles is 1. The average Bonchev–Trinajstić information content (AvgIpc) is 3.15. The highest BCUT2D eigenvalue weighted by atomic mass is 16.5. The van der Waals surface area contributed by atoms with E-state index in [0.29, 0.717) is 24.3 Å². The predicted molar refractivity (Wildman–Crippen MR) is 92.8 cm³/mol. The fraction of sp³-hybridized carbons (Fsp3) is 0.421. The number of imidazole rings is 1. The SMILES string of the molecule is CCn1ccnc1[C@H](NC(=O)c1cccc(C#N)c1)C1CCOCC1. The number of rotatable bonds is 5. The smallest absolute Gasteiger partial charge is 0.251 e. The van der Waals surface area contributed by atoms with Crippen LogP contribution in [0.5, 0.6) is 0 Å². The molecule has 1 aromatic heterocycles. The zero-order valence-electron chi connectivity index (χ0n) is 14.3. The highest BCUT2D eigenvalue weighted by Crippen LogP contribution is 2.29. The van der Waals surface area contributed by atoms with Crippen molar-refractivity contribution >= 4 is 5.91 Å². The van der Waals surface area contributed by atoms with Gasteiger partial charge in [-0.15, -0.1) is 0 Å². The van der Waals surface area contributed by atoms with Gasteiger partial charge in [0.05, 0.1) is 17.7 Å². The summed E-state index contributed by atoms with van der Waals surface area (Å²) in [5.74, 6) is 0.975. The van der Waals surface area contributed by atoms with Crippen molar-refractivity contribution in [2.75, 3.05) is 13.2 Å². The summed E-state index contributed by atoms with van der Waals surface area (Å²) >= 11 is 0. The summed E-state index contributed by atoms with van der Waals surface area (Å²) in [7, 11) is 0. The Morgan fingerprint density at radius 1 is 1.48 bits per heavy atom. The second-order valence-electron chi connectivity index (χ2n) is 6.16. The maximum absolute atomic E-state index is 12.8. The van der Waals surface area contributed by atoms with E-state index in [1.54, 1.807) is 30.5 Å². The lowest BCUT2D eigenvalue weighted by atomic mass is 9.90. The van der Waals surface area contributed by atoms with Gasteiger partial charge < -0.3 is 14.6 Å². The molecule has 6 nitrogen and oxygen atoms in total. The molecule has 1 fully saturated rings. The molecule has 0 radical (unpaired) electrons. The van der Waals surface area contributed by atoms with E-state index >= 15 is 0 Å². The zero-order chi connectivity index (χ0) is 17.6. The van der Waals surface area contributed by atoms with Crippen molar-refractivity contribution in [2.24, 2.45) is 5.92 Å². The zero-order valence-corrected chi connectivity index (χ0v) is 14.3. The molecule has 0 spiro atoms. The molecule has 1 atom stereocenters. The Labute approximate surface area is 147 Å². The van der Waals surface area contributed by atoms with Crippen molar-refractivity contribution < 1.29 is 9.53 Å². The largest absolute Gasteiger partial charge is 0.381 e. The number of benzene rings is 1. The number of aromatic nitrogens is 2. The normalized spacial score (nSPS) is 16.2. The van der Waals surface area contributed by atoms with Crippen LogP contribution in [0.3, 0.4) is 0 Å². The lowest BCUT2D eigenvalue weighted by Crippen LogP contribution is -2.37. The van der Waals surface area contributed by atoms with Gasteiger partial charge in [0, 0.05) is 37.7 Å². The van der Waals surface area contributed by atoms with Gasteiger partial charge in [0.2, 0.25) is 0 Å². The third-order valence-electron chi connectivity index (χ3n) is 4.64. The third kappa shape index (κ3) is 3.89. The van der Waals surface area contributed by atoms with E-state index in [4.69, 9.17) is 10.00 Å². The highest BCUT2D eigenvalue weighted by Gasteiger charge is 2.30. The molecule has 1 saturated heterocycles. The summed E-state index contributed by atoms with van der Waals surface area (Å²) in [5.41, 5.74) is 0.969. The van der Waals surface area contributed by atoms with Crippen molar-refractivity contribution in [1.29, 1.82) is 5.26 Å². The summed E-state index contributed by atoms with van der Waals surface area (Å²) in [6.45, 7) is 4.26. The molecule has 1 amide bonds. The van der Waals surface area contributed by atoms with Crippen molar-refractivity contribution in [3.8, 4) is 6.07 Å². The van der Waals surface area contributed by atoms with Gasteiger partial charge >= 0.3 is 0 Å². The molecule has 2 aromatic rings. The molecule has 1 aromatic carbocycles. The lowest BCUT2D eigenvalue weighted by molar-refractivity contribution is 0.0498. The minimum Gasteiger partial charge on any atom is -0.381 e. The Balaban J connectivity index is 1.86. The first-order chi connectivity index (χ1) is 12.2. The minimum absolute atomic E-state index is 0.169. The van der Waals surface area contributed by atoms with E-state index < -0.39 is 0 Å². The van der Waals surface area contributed by atoms with Crippen molar-refractivity contribution in [3.63, 3.8) is 0 Å². The van der Waals surface area contributed by atoms with E-state index in [0.717, 1.165) is 25.2 Å². The van der Waals surface area contributed by atoms with Gasteiger partial charge in [0.15, 0.2) is 0 Å². The van der Waals surface area contributed by atoms with Crippen LogP contribution < -0.4 is 5.32 Å². The molecule has 25 heavy (non-hydrogen) atoms. The maximum Gasteiger partial charge on any atom is 0.251 e. The lowest BCUT2D eigenvalue weighted by Gasteiger charge is -2.31. The molecule has 3 rings (SSSR count). The summed E-state index contributed by atoms with van der Waals surface area (Å²) in [6, 6.07) is 8.66. The van der Waals surface area contributed by atoms with Gasteiger partial charge in [-0.3, -0.25) is 4.79 Å². The number of aryl methyl sites for hydroxylation is 1. The molecule has 0 bridgehead atoms. The van der Waals surface area contributed by atoms with Crippen LogP contribution in [0.4, 0.5) is 0 Å². The molecule has 1 aliphatic rings. The van der Waals surface area contributed by atoms with Crippen LogP contribution in [-0.2, 0) is 11.3 Å². The number of hydrogen-bond donors (Lipinski definition) is 1. The summed E-state index contributed by atoms with van der Waals surface area (Å²) in [6.07, 6.45) is 5.48. The van der Waals surface area contributed by atoms with Crippen molar-refractivity contribution in [1.82, 2.24) is 14.9 Å². The highest BCUT2D eigenvalue weighted by molar-refractivity contribution is 5.94. The number of carbonyl (C=O) groups excluding carboxylic acids is 1. The maximum atomic E-state index is 12.8. The predicted octanol–water partition coefficient (Wildman–Crippen LogP) is 2.67. The quantitative estimate of drug-likeness (QED) is 0.909. The van der Waals surface area contributed by atoms with Crippen molar-refractivity contribution in [2.45, 2.75) is 32.4 Å². The molecule has 6 heteroatoms. The van der Waals surface area contributed by atoms with Crippen LogP contribution in [0, 0.1) is 17.2 Å². The van der Waals surface area contributed by atoms with E-state index in [9.17, 15) is 4.79 Å². The van der Waals surface area contributed by atoms with E-state index in [2.05, 4.69) is 27.9 Å². The number of carbonyl (C=O) groups is 1. The van der Waals surface area contributed by atoms with Gasteiger partial charge in [-0.25, -0.2) is 4.98 Å². The van der Waals surface area contributed by atoms with E-state index in [1.165, 1.54) is 0 Å². The summed E-state index contributed by atoms with van der Waals surface area (Å²) in [5, 5.41) is 12.2. The van der Waals surface area contributed by atoms with E-state index in [1.807, 2.05) is 6.20 Å². The molecule has 130 valence electrons. The number of nitrogens with one attached hydrogen (secondary N) is 1. The fourth-order valence-corrected chi connectivity index (χ4v) is 3.26. The molecule has 0 saturated carbocycles. The molecule has 0 unspecified atom stereocenters. The van der Waals surface area contributed by atoms with Crippen LogP contribution in [0.1, 0.15) is 47.6 Å². The molecular weight excluding hydrogens is 316 g/mol. The van der Waals surface area contributed by atoms with Crippen LogP contribution >= 0.6 is 0 Å². The topological polar surface area (TPSA) is 79.9 Å². The van der Waals surface area contributed by atoms with Crippen LogP contribution in [0.25, 0.3) is 0 Å². The Hall–Kier alpha value is -2.65.